The fourth-order valence-electron chi connectivity index (χ4n) is 3.16. The van der Waals surface area contributed by atoms with Gasteiger partial charge in [0.05, 0.1) is 22.6 Å². The summed E-state index contributed by atoms with van der Waals surface area (Å²) in [5.74, 6) is 0.666. The number of hydrogen-bond donors (Lipinski definition) is 1. The lowest BCUT2D eigenvalue weighted by molar-refractivity contribution is -0.0893. The van der Waals surface area contributed by atoms with Crippen molar-refractivity contribution in [1.29, 1.82) is 0 Å². The average molecular weight is 435 g/mol. The van der Waals surface area contributed by atoms with E-state index in [1.807, 2.05) is 80.6 Å². The van der Waals surface area contributed by atoms with E-state index in [-0.39, 0.29) is 0 Å². The summed E-state index contributed by atoms with van der Waals surface area (Å²) < 4.78 is 5.87. The van der Waals surface area contributed by atoms with E-state index in [1.165, 1.54) is 0 Å². The van der Waals surface area contributed by atoms with E-state index in [1.54, 1.807) is 21.3 Å². The van der Waals surface area contributed by atoms with E-state index in [2.05, 4.69) is 24.3 Å². The first-order valence-corrected chi connectivity index (χ1v) is 11.1. The van der Waals surface area contributed by atoms with Crippen LogP contribution in [0.15, 0.2) is 91.0 Å². The maximum atomic E-state index is 10.3. The van der Waals surface area contributed by atoms with Crippen LogP contribution in [0.4, 0.5) is 0 Å². The molecule has 1 aromatic heterocycles. The minimum Gasteiger partial charge on any atom is -0.427 e. The summed E-state index contributed by atoms with van der Waals surface area (Å²) >= 11 is 0. The Bertz CT molecular complexity index is 1140. The zero-order valence-corrected chi connectivity index (χ0v) is 19.5. The van der Waals surface area contributed by atoms with E-state index in [4.69, 9.17) is 14.6 Å². The first-order chi connectivity index (χ1) is 15.7. The van der Waals surface area contributed by atoms with Gasteiger partial charge in [-0.1, -0.05) is 90.4 Å². The van der Waals surface area contributed by atoms with Crippen LogP contribution in [0.2, 0.25) is 0 Å². The third-order valence-corrected chi connectivity index (χ3v) is 6.00. The highest BCUT2D eigenvalue weighted by molar-refractivity contribution is 6.47. The molecule has 0 fully saturated rings. The van der Waals surface area contributed by atoms with E-state index in [0.717, 1.165) is 33.5 Å². The standard InChI is InChI=1S/C28H28BN2O2/c1-27(2,32)28(3,4)33-29-23-17-15-22(16-18-23)26-30-24(20-11-7-5-8-12-20)19-25(31-26)21-13-9-6-10-14-21/h5-19,32H,1-4H3. The van der Waals surface area contributed by atoms with E-state index < -0.39 is 11.2 Å². The third kappa shape index (κ3) is 5.38. The topological polar surface area (TPSA) is 55.2 Å². The molecule has 4 nitrogen and oxygen atoms in total. The lowest BCUT2D eigenvalue weighted by atomic mass is 9.82. The van der Waals surface area contributed by atoms with Gasteiger partial charge >= 0.3 is 7.48 Å². The van der Waals surface area contributed by atoms with Gasteiger partial charge in [0.25, 0.3) is 0 Å². The number of aromatic nitrogens is 2. The van der Waals surface area contributed by atoms with Crippen LogP contribution in [0, 0.1) is 0 Å². The number of rotatable bonds is 7. The monoisotopic (exact) mass is 435 g/mol. The van der Waals surface area contributed by atoms with E-state index >= 15 is 0 Å². The van der Waals surface area contributed by atoms with Crippen molar-refractivity contribution in [1.82, 2.24) is 9.97 Å². The quantitative estimate of drug-likeness (QED) is 0.401. The van der Waals surface area contributed by atoms with Crippen LogP contribution in [0.25, 0.3) is 33.9 Å². The molecule has 1 heterocycles. The lowest BCUT2D eigenvalue weighted by Crippen LogP contribution is -2.49. The van der Waals surface area contributed by atoms with Gasteiger partial charge in [0, 0.05) is 16.7 Å². The molecule has 0 aliphatic heterocycles. The summed E-state index contributed by atoms with van der Waals surface area (Å²) in [6.45, 7) is 7.22. The predicted octanol–water partition coefficient (Wildman–Crippen LogP) is 5.29. The molecule has 1 N–H and O–H groups in total. The van der Waals surface area contributed by atoms with Gasteiger partial charge in [-0.2, -0.15) is 0 Å². The van der Waals surface area contributed by atoms with Crippen molar-refractivity contribution < 1.29 is 9.76 Å². The Labute approximate surface area is 196 Å². The molecule has 1 radical (unpaired) electrons. The Balaban J connectivity index is 1.65. The molecule has 0 unspecified atom stereocenters. The largest absolute Gasteiger partial charge is 0.427 e. The zero-order chi connectivity index (χ0) is 23.5. The molecule has 5 heteroatoms. The molecule has 3 aromatic carbocycles. The summed E-state index contributed by atoms with van der Waals surface area (Å²) in [6.07, 6.45) is 0. The number of aliphatic hydroxyl groups is 1. The summed E-state index contributed by atoms with van der Waals surface area (Å²) in [5.41, 5.74) is 3.99. The summed E-state index contributed by atoms with van der Waals surface area (Å²) in [6, 6.07) is 30.2. The highest BCUT2D eigenvalue weighted by atomic mass is 16.5. The van der Waals surface area contributed by atoms with Gasteiger partial charge in [0.15, 0.2) is 5.82 Å². The highest BCUT2D eigenvalue weighted by Crippen LogP contribution is 2.27. The molecule has 0 atom stereocenters. The average Bonchev–Trinajstić information content (AvgIpc) is 2.83. The lowest BCUT2D eigenvalue weighted by Gasteiger charge is -2.37. The summed E-state index contributed by atoms with van der Waals surface area (Å²) in [5, 5.41) is 10.3. The first-order valence-electron chi connectivity index (χ1n) is 11.1. The Hall–Kier alpha value is -3.28. The molecular formula is C28H28BN2O2. The van der Waals surface area contributed by atoms with Crippen molar-refractivity contribution in [3.63, 3.8) is 0 Å². The maximum Gasteiger partial charge on any atom is 0.330 e. The van der Waals surface area contributed by atoms with Gasteiger partial charge < -0.3 is 9.76 Å². The molecule has 0 bridgehead atoms. The SMILES string of the molecule is CC(C)(O)C(C)(C)O[B]c1ccc(-c2nc(-c3ccccc3)cc(-c3ccccc3)n2)cc1. The zero-order valence-electron chi connectivity index (χ0n) is 19.5. The first kappa shape index (κ1) is 22.9. The predicted molar refractivity (Wildman–Crippen MR) is 135 cm³/mol. The van der Waals surface area contributed by atoms with Crippen molar-refractivity contribution in [3.8, 4) is 33.9 Å². The van der Waals surface area contributed by atoms with Crippen LogP contribution >= 0.6 is 0 Å². The maximum absolute atomic E-state index is 10.3. The van der Waals surface area contributed by atoms with E-state index in [0.29, 0.717) is 5.82 Å². The van der Waals surface area contributed by atoms with Gasteiger partial charge in [-0.15, -0.1) is 0 Å². The molecule has 4 aromatic rings. The minimum absolute atomic E-state index is 0.666. The number of nitrogens with zero attached hydrogens (tertiary/aromatic N) is 2. The molecule has 33 heavy (non-hydrogen) atoms. The Morgan fingerprint density at radius 3 is 1.61 bits per heavy atom. The van der Waals surface area contributed by atoms with Gasteiger partial charge in [0.1, 0.15) is 0 Å². The molecule has 0 amide bonds. The molecule has 165 valence electrons. The minimum atomic E-state index is -0.969. The second-order valence-electron chi connectivity index (χ2n) is 9.12. The smallest absolute Gasteiger partial charge is 0.330 e. The molecule has 4 rings (SSSR count). The van der Waals surface area contributed by atoms with Gasteiger partial charge in [-0.05, 0) is 33.8 Å². The van der Waals surface area contributed by atoms with Gasteiger partial charge in [-0.3, -0.25) is 0 Å². The van der Waals surface area contributed by atoms with E-state index in [9.17, 15) is 5.11 Å². The second-order valence-corrected chi connectivity index (χ2v) is 9.12. The van der Waals surface area contributed by atoms with Crippen LogP contribution in [-0.2, 0) is 4.65 Å². The van der Waals surface area contributed by atoms with Crippen molar-refractivity contribution in [2.75, 3.05) is 0 Å². The highest BCUT2D eigenvalue weighted by Gasteiger charge is 2.35. The van der Waals surface area contributed by atoms with Gasteiger partial charge in [-0.25, -0.2) is 9.97 Å². The third-order valence-electron chi connectivity index (χ3n) is 6.00. The van der Waals surface area contributed by atoms with Crippen LogP contribution < -0.4 is 5.46 Å². The normalized spacial score (nSPS) is 11.9. The van der Waals surface area contributed by atoms with Crippen LogP contribution in [0.5, 0.6) is 0 Å². The summed E-state index contributed by atoms with van der Waals surface area (Å²) in [7, 11) is 1.68. The Kier molecular flexibility index (Phi) is 6.45. The number of hydrogen-bond acceptors (Lipinski definition) is 4. The fourth-order valence-corrected chi connectivity index (χ4v) is 3.16. The number of benzene rings is 3. The molecule has 0 saturated heterocycles. The van der Waals surface area contributed by atoms with Crippen LogP contribution in [0.3, 0.4) is 0 Å². The van der Waals surface area contributed by atoms with Crippen molar-refractivity contribution in [2.24, 2.45) is 0 Å². The molecule has 0 spiro atoms. The second kappa shape index (κ2) is 9.30. The van der Waals surface area contributed by atoms with Crippen LogP contribution in [0.1, 0.15) is 27.7 Å². The van der Waals surface area contributed by atoms with Crippen molar-refractivity contribution in [3.05, 3.63) is 91.0 Å². The molecule has 0 saturated carbocycles. The molecule has 0 aliphatic rings. The molecular weight excluding hydrogens is 407 g/mol. The molecule has 0 aliphatic carbocycles. The Morgan fingerprint density at radius 1 is 0.667 bits per heavy atom. The van der Waals surface area contributed by atoms with Crippen molar-refractivity contribution in [2.45, 2.75) is 38.9 Å². The van der Waals surface area contributed by atoms with Crippen LogP contribution in [-0.4, -0.2) is 33.8 Å². The Morgan fingerprint density at radius 2 is 1.15 bits per heavy atom. The van der Waals surface area contributed by atoms with Crippen molar-refractivity contribution >= 4 is 12.9 Å². The fraction of sp³-hybridized carbons (Fsp3) is 0.214. The summed E-state index contributed by atoms with van der Waals surface area (Å²) in [4.78, 5) is 9.72. The van der Waals surface area contributed by atoms with Gasteiger partial charge in [0.2, 0.25) is 0 Å².